The second-order valence-electron chi connectivity index (χ2n) is 7.21. The van der Waals surface area contributed by atoms with Gasteiger partial charge in [0.15, 0.2) is 0 Å². The highest BCUT2D eigenvalue weighted by atomic mass is 32.1. The number of primary amides is 1. The lowest BCUT2D eigenvalue weighted by Gasteiger charge is -2.36. The predicted octanol–water partition coefficient (Wildman–Crippen LogP) is 1.65. The molecule has 160 valence electrons. The van der Waals surface area contributed by atoms with Gasteiger partial charge in [-0.25, -0.2) is 9.97 Å². The summed E-state index contributed by atoms with van der Waals surface area (Å²) in [4.78, 5) is 36.7. The molecule has 0 bridgehead atoms. The Bertz CT molecular complexity index is 1090. The summed E-state index contributed by atoms with van der Waals surface area (Å²) in [6.07, 6.45) is 1.62. The number of nitrogens with one attached hydrogen (secondary N) is 1. The Labute approximate surface area is 183 Å². The minimum atomic E-state index is -0.321. The van der Waals surface area contributed by atoms with Crippen molar-refractivity contribution in [1.82, 2.24) is 14.9 Å². The number of para-hydroxylation sites is 2. The molecule has 0 spiro atoms. The van der Waals surface area contributed by atoms with Crippen molar-refractivity contribution in [3.8, 4) is 10.6 Å². The van der Waals surface area contributed by atoms with Crippen LogP contribution in [0.5, 0.6) is 0 Å². The molecule has 31 heavy (non-hydrogen) atoms. The van der Waals surface area contributed by atoms with Crippen LogP contribution in [0.25, 0.3) is 10.6 Å². The van der Waals surface area contributed by atoms with Crippen molar-refractivity contribution in [3.05, 3.63) is 53.7 Å². The van der Waals surface area contributed by atoms with Crippen molar-refractivity contribution in [1.29, 1.82) is 0 Å². The van der Waals surface area contributed by atoms with E-state index in [0.717, 1.165) is 43.1 Å². The lowest BCUT2D eigenvalue weighted by molar-refractivity contribution is -0.119. The van der Waals surface area contributed by atoms with E-state index in [4.69, 9.17) is 11.5 Å². The van der Waals surface area contributed by atoms with E-state index in [0.29, 0.717) is 16.5 Å². The number of hydrogen-bond acceptors (Lipinski definition) is 8. The van der Waals surface area contributed by atoms with Crippen LogP contribution in [-0.2, 0) is 4.79 Å². The quantitative estimate of drug-likeness (QED) is 0.534. The van der Waals surface area contributed by atoms with E-state index in [-0.39, 0.29) is 18.4 Å². The maximum atomic E-state index is 12.9. The molecule has 0 unspecified atom stereocenters. The number of hydrogen-bond donors (Lipinski definition) is 3. The molecule has 0 radical (unpaired) electrons. The number of piperazine rings is 1. The normalized spacial score (nSPS) is 14.4. The van der Waals surface area contributed by atoms with Crippen LogP contribution in [0.4, 0.5) is 17.2 Å². The number of carbonyl (C=O) groups is 2. The van der Waals surface area contributed by atoms with E-state index in [2.05, 4.69) is 20.2 Å². The zero-order valence-corrected chi connectivity index (χ0v) is 17.6. The van der Waals surface area contributed by atoms with Gasteiger partial charge in [-0.05, 0) is 24.3 Å². The highest BCUT2D eigenvalue weighted by Crippen LogP contribution is 2.28. The maximum Gasteiger partial charge on any atom is 0.275 e. The monoisotopic (exact) mass is 437 g/mol. The van der Waals surface area contributed by atoms with Gasteiger partial charge in [0.25, 0.3) is 5.91 Å². The second kappa shape index (κ2) is 9.11. The molecule has 0 saturated carbocycles. The first-order valence-electron chi connectivity index (χ1n) is 9.83. The number of nitrogen functional groups attached to an aromatic ring is 1. The van der Waals surface area contributed by atoms with Crippen LogP contribution in [0.3, 0.4) is 0 Å². The first-order valence-corrected chi connectivity index (χ1v) is 10.7. The Morgan fingerprint density at radius 1 is 1.13 bits per heavy atom. The predicted molar refractivity (Wildman–Crippen MR) is 122 cm³/mol. The molecule has 1 aliphatic heterocycles. The Hall–Kier alpha value is -3.50. The summed E-state index contributed by atoms with van der Waals surface area (Å²) < 4.78 is 0. The van der Waals surface area contributed by atoms with E-state index < -0.39 is 0 Å². The Kier molecular flexibility index (Phi) is 6.10. The third kappa shape index (κ3) is 4.98. The van der Waals surface area contributed by atoms with Crippen LogP contribution in [0.15, 0.2) is 48.0 Å². The third-order valence-electron chi connectivity index (χ3n) is 5.01. The van der Waals surface area contributed by atoms with E-state index in [1.807, 2.05) is 35.2 Å². The molecule has 1 saturated heterocycles. The highest BCUT2D eigenvalue weighted by Gasteiger charge is 2.21. The molecule has 4 rings (SSSR count). The van der Waals surface area contributed by atoms with E-state index in [1.165, 1.54) is 11.3 Å². The van der Waals surface area contributed by atoms with Crippen LogP contribution in [0.2, 0.25) is 0 Å². The minimum Gasteiger partial charge on any atom is -0.384 e. The molecular weight excluding hydrogens is 414 g/mol. The second-order valence-corrected chi connectivity index (χ2v) is 8.07. The summed E-state index contributed by atoms with van der Waals surface area (Å²) in [6.45, 7) is 3.21. The van der Waals surface area contributed by atoms with Gasteiger partial charge in [0.1, 0.15) is 16.5 Å². The van der Waals surface area contributed by atoms with Gasteiger partial charge in [-0.3, -0.25) is 14.5 Å². The zero-order chi connectivity index (χ0) is 21.8. The number of carbonyl (C=O) groups excluding carboxylic acids is 2. The van der Waals surface area contributed by atoms with Gasteiger partial charge in [-0.2, -0.15) is 0 Å². The first-order chi connectivity index (χ1) is 15.0. The molecule has 9 nitrogen and oxygen atoms in total. The van der Waals surface area contributed by atoms with Crippen LogP contribution in [0, 0.1) is 0 Å². The number of anilines is 3. The van der Waals surface area contributed by atoms with E-state index >= 15 is 0 Å². The number of benzene rings is 1. The van der Waals surface area contributed by atoms with Gasteiger partial charge < -0.3 is 21.7 Å². The summed E-state index contributed by atoms with van der Waals surface area (Å²) in [5, 5.41) is 5.42. The average Bonchev–Trinajstić information content (AvgIpc) is 3.25. The fourth-order valence-corrected chi connectivity index (χ4v) is 4.30. The highest BCUT2D eigenvalue weighted by molar-refractivity contribution is 7.13. The number of nitrogens with zero attached hydrogens (tertiary/aromatic N) is 4. The van der Waals surface area contributed by atoms with Crippen molar-refractivity contribution in [2.75, 3.05) is 48.7 Å². The van der Waals surface area contributed by atoms with Crippen molar-refractivity contribution in [2.45, 2.75) is 0 Å². The standard InChI is InChI=1S/C21H23N7O2S/c22-18-11-14(5-6-24-18)21-26-16(13-31-21)20(30)25-15-3-1-2-4-17(15)28-9-7-27(8-10-28)12-19(23)29/h1-6,11,13H,7-10,12H2,(H2,22,24)(H2,23,29)(H,25,30). The fourth-order valence-electron chi connectivity index (χ4n) is 3.50. The molecule has 10 heteroatoms. The first kappa shape index (κ1) is 20.8. The molecule has 5 N–H and O–H groups in total. The number of nitrogens with two attached hydrogens (primary N) is 2. The van der Waals surface area contributed by atoms with Crippen molar-refractivity contribution in [3.63, 3.8) is 0 Å². The molecule has 3 aromatic rings. The van der Waals surface area contributed by atoms with Crippen molar-refractivity contribution < 1.29 is 9.59 Å². The number of amides is 2. The van der Waals surface area contributed by atoms with E-state index in [9.17, 15) is 9.59 Å². The minimum absolute atomic E-state index is 0.265. The largest absolute Gasteiger partial charge is 0.384 e. The van der Waals surface area contributed by atoms with Gasteiger partial charge in [-0.1, -0.05) is 12.1 Å². The third-order valence-corrected chi connectivity index (χ3v) is 5.90. The molecule has 0 aliphatic carbocycles. The number of pyridine rings is 1. The fraction of sp³-hybridized carbons (Fsp3) is 0.238. The molecule has 1 fully saturated rings. The maximum absolute atomic E-state index is 12.9. The SMILES string of the molecule is NC(=O)CN1CCN(c2ccccc2NC(=O)c2csc(-c3ccnc(N)c3)n2)CC1. The van der Waals surface area contributed by atoms with Gasteiger partial charge in [0.2, 0.25) is 5.91 Å². The van der Waals surface area contributed by atoms with Crippen LogP contribution >= 0.6 is 11.3 Å². The molecule has 2 aromatic heterocycles. The Morgan fingerprint density at radius 2 is 1.90 bits per heavy atom. The van der Waals surface area contributed by atoms with Crippen LogP contribution in [-0.4, -0.2) is 59.4 Å². The average molecular weight is 438 g/mol. The molecular formula is C21H23N7O2S. The lowest BCUT2D eigenvalue weighted by atomic mass is 10.2. The molecule has 2 amide bonds. The summed E-state index contributed by atoms with van der Waals surface area (Å²) in [7, 11) is 0. The summed E-state index contributed by atoms with van der Waals surface area (Å²) in [5.41, 5.74) is 13.9. The van der Waals surface area contributed by atoms with Crippen LogP contribution in [0.1, 0.15) is 10.5 Å². The lowest BCUT2D eigenvalue weighted by Crippen LogP contribution is -2.49. The Morgan fingerprint density at radius 3 is 2.65 bits per heavy atom. The molecule has 0 atom stereocenters. The van der Waals surface area contributed by atoms with Gasteiger partial charge in [0.05, 0.1) is 17.9 Å². The Balaban J connectivity index is 1.46. The topological polar surface area (TPSA) is 130 Å². The number of aromatic nitrogens is 2. The van der Waals surface area contributed by atoms with Crippen molar-refractivity contribution in [2.24, 2.45) is 5.73 Å². The van der Waals surface area contributed by atoms with E-state index in [1.54, 1.807) is 17.6 Å². The molecule has 1 aromatic carbocycles. The number of rotatable bonds is 6. The number of thiazole rings is 1. The van der Waals surface area contributed by atoms with Crippen molar-refractivity contribution >= 4 is 40.3 Å². The van der Waals surface area contributed by atoms with Gasteiger partial charge >= 0.3 is 0 Å². The summed E-state index contributed by atoms with van der Waals surface area (Å²) in [5.74, 6) is -0.189. The summed E-state index contributed by atoms with van der Waals surface area (Å²) >= 11 is 1.38. The molecule has 3 heterocycles. The van der Waals surface area contributed by atoms with Crippen LogP contribution < -0.4 is 21.7 Å². The smallest absolute Gasteiger partial charge is 0.275 e. The van der Waals surface area contributed by atoms with Gasteiger partial charge in [-0.15, -0.1) is 11.3 Å². The molecule has 1 aliphatic rings. The van der Waals surface area contributed by atoms with Gasteiger partial charge in [0, 0.05) is 43.3 Å². The summed E-state index contributed by atoms with van der Waals surface area (Å²) in [6, 6.07) is 11.2. The zero-order valence-electron chi connectivity index (χ0n) is 16.8.